The van der Waals surface area contributed by atoms with Gasteiger partial charge in [-0.3, -0.25) is 9.59 Å². The molecule has 0 saturated heterocycles. The fourth-order valence-corrected chi connectivity index (χ4v) is 5.35. The van der Waals surface area contributed by atoms with E-state index in [0.717, 1.165) is 9.86 Å². The monoisotopic (exact) mass is 704 g/mol. The molecule has 6 aromatic rings. The summed E-state index contributed by atoms with van der Waals surface area (Å²) in [5.41, 5.74) is 1.85. The first-order chi connectivity index (χ1) is 21.8. The summed E-state index contributed by atoms with van der Waals surface area (Å²) < 4.78 is 19.7. The molecule has 45 heavy (non-hydrogen) atoms. The lowest BCUT2D eigenvalue weighted by Crippen LogP contribution is -2.20. The number of nitrogens with one attached hydrogen (secondary N) is 1. The third kappa shape index (κ3) is 6.73. The summed E-state index contributed by atoms with van der Waals surface area (Å²) in [6.07, 6.45) is 1.46. The molecule has 2 aromatic heterocycles. The highest BCUT2D eigenvalue weighted by atomic mass is 79.9. The molecule has 0 unspecified atom stereocenters. The third-order valence-corrected chi connectivity index (χ3v) is 7.61. The van der Waals surface area contributed by atoms with Crippen LogP contribution in [0.4, 0.5) is 5.69 Å². The van der Waals surface area contributed by atoms with Crippen LogP contribution in [0, 0.1) is 0 Å². The molecule has 12 heteroatoms. The summed E-state index contributed by atoms with van der Waals surface area (Å²) in [5.74, 6) is 0.704. The SMILES string of the molecule is CCOc1cc(C=Nn2c(-c3cc4cc(Br)ccc4o3)nc3ccccc3c2=O)cc(Cl)c1OCC(=O)Nc1ccc(Cl)cc1. The predicted molar refractivity (Wildman–Crippen MR) is 180 cm³/mol. The maximum Gasteiger partial charge on any atom is 0.282 e. The molecule has 0 bridgehead atoms. The van der Waals surface area contributed by atoms with E-state index >= 15 is 0 Å². The molecule has 0 atom stereocenters. The molecule has 1 amide bonds. The van der Waals surface area contributed by atoms with Crippen molar-refractivity contribution < 1.29 is 18.7 Å². The Labute approximate surface area is 275 Å². The van der Waals surface area contributed by atoms with Gasteiger partial charge < -0.3 is 19.2 Å². The molecule has 1 N–H and O–H groups in total. The van der Waals surface area contributed by atoms with Gasteiger partial charge in [-0.25, -0.2) is 4.98 Å². The number of anilines is 1. The number of benzene rings is 4. The van der Waals surface area contributed by atoms with Gasteiger partial charge in [0.25, 0.3) is 11.5 Å². The number of nitrogens with zero attached hydrogens (tertiary/aromatic N) is 3. The molecule has 0 aliphatic carbocycles. The second-order valence-electron chi connectivity index (χ2n) is 9.71. The maximum atomic E-state index is 13.6. The van der Waals surface area contributed by atoms with Crippen LogP contribution in [0.1, 0.15) is 12.5 Å². The number of para-hydroxylation sites is 1. The zero-order valence-corrected chi connectivity index (χ0v) is 26.7. The first kappa shape index (κ1) is 30.4. The Morgan fingerprint density at radius 3 is 2.64 bits per heavy atom. The maximum absolute atomic E-state index is 13.6. The van der Waals surface area contributed by atoms with E-state index in [1.54, 1.807) is 54.6 Å². The molecule has 0 aliphatic heterocycles. The minimum absolute atomic E-state index is 0.189. The number of amides is 1. The second-order valence-corrected chi connectivity index (χ2v) is 11.5. The van der Waals surface area contributed by atoms with Crippen LogP contribution >= 0.6 is 39.1 Å². The Kier molecular flexibility index (Phi) is 8.88. The van der Waals surface area contributed by atoms with Gasteiger partial charge in [0.15, 0.2) is 23.9 Å². The molecule has 0 fully saturated rings. The van der Waals surface area contributed by atoms with Crippen molar-refractivity contribution in [2.45, 2.75) is 6.92 Å². The number of carbonyl (C=O) groups excluding carboxylic acids is 1. The lowest BCUT2D eigenvalue weighted by atomic mass is 10.2. The standard InChI is InChI=1S/C33H23BrCl2N4O5/c1-2-43-28-14-19(13-25(36)31(28)44-18-30(41)38-23-10-8-22(35)9-11-23)17-37-40-32(39-26-6-4-3-5-24(26)33(40)42)29-16-20-15-21(34)7-12-27(20)45-29/h3-17H,2,18H2,1H3,(H,38,41). The van der Waals surface area contributed by atoms with Crippen LogP contribution in [0.25, 0.3) is 33.5 Å². The lowest BCUT2D eigenvalue weighted by molar-refractivity contribution is -0.118. The first-order valence-corrected chi connectivity index (χ1v) is 15.2. The fourth-order valence-electron chi connectivity index (χ4n) is 4.57. The average Bonchev–Trinajstić information content (AvgIpc) is 3.44. The Morgan fingerprint density at radius 1 is 1.04 bits per heavy atom. The minimum Gasteiger partial charge on any atom is -0.490 e. The number of halogens is 3. The fraction of sp³-hybridized carbons (Fsp3) is 0.0909. The van der Waals surface area contributed by atoms with Crippen LogP contribution in [-0.2, 0) is 4.79 Å². The molecule has 0 saturated carbocycles. The number of hydrogen-bond donors (Lipinski definition) is 1. The number of furan rings is 1. The van der Waals surface area contributed by atoms with E-state index in [4.69, 9.17) is 42.1 Å². The summed E-state index contributed by atoms with van der Waals surface area (Å²) in [7, 11) is 0. The van der Waals surface area contributed by atoms with Gasteiger partial charge in [-0.2, -0.15) is 9.78 Å². The zero-order chi connectivity index (χ0) is 31.5. The van der Waals surface area contributed by atoms with Gasteiger partial charge in [0, 0.05) is 20.6 Å². The molecule has 4 aromatic carbocycles. The van der Waals surface area contributed by atoms with E-state index in [-0.39, 0.29) is 28.8 Å². The summed E-state index contributed by atoms with van der Waals surface area (Å²) in [5, 5.41) is 9.22. The quantitative estimate of drug-likeness (QED) is 0.152. The molecule has 6 rings (SSSR count). The van der Waals surface area contributed by atoms with Gasteiger partial charge in [0.2, 0.25) is 5.82 Å². The van der Waals surface area contributed by atoms with Crippen molar-refractivity contribution >= 4 is 78.8 Å². The first-order valence-electron chi connectivity index (χ1n) is 13.7. The summed E-state index contributed by atoms with van der Waals surface area (Å²) in [6, 6.07) is 24.4. The van der Waals surface area contributed by atoms with Crippen LogP contribution in [0.5, 0.6) is 11.5 Å². The van der Waals surface area contributed by atoms with E-state index in [2.05, 4.69) is 26.3 Å². The molecule has 0 radical (unpaired) electrons. The van der Waals surface area contributed by atoms with E-state index < -0.39 is 5.91 Å². The third-order valence-electron chi connectivity index (χ3n) is 6.58. The van der Waals surface area contributed by atoms with Crippen molar-refractivity contribution in [1.82, 2.24) is 9.66 Å². The second kappa shape index (κ2) is 13.2. The van der Waals surface area contributed by atoms with Crippen LogP contribution < -0.4 is 20.3 Å². The number of fused-ring (bicyclic) bond motifs is 2. The molecule has 0 aliphatic rings. The largest absolute Gasteiger partial charge is 0.490 e. The van der Waals surface area contributed by atoms with Crippen LogP contribution in [0.3, 0.4) is 0 Å². The van der Waals surface area contributed by atoms with E-state index in [9.17, 15) is 9.59 Å². The van der Waals surface area contributed by atoms with Gasteiger partial charge in [-0.05, 0) is 85.3 Å². The topological polar surface area (TPSA) is 108 Å². The van der Waals surface area contributed by atoms with E-state index in [1.807, 2.05) is 37.3 Å². The Balaban J connectivity index is 1.33. The smallest absolute Gasteiger partial charge is 0.282 e. The number of rotatable bonds is 9. The molecule has 226 valence electrons. The van der Waals surface area contributed by atoms with Crippen molar-refractivity contribution in [2.24, 2.45) is 5.10 Å². The minimum atomic E-state index is -0.393. The Bertz CT molecular complexity index is 2140. The van der Waals surface area contributed by atoms with Gasteiger partial charge in [0.05, 0.1) is 28.7 Å². The van der Waals surface area contributed by atoms with Crippen LogP contribution in [0.15, 0.2) is 104 Å². The van der Waals surface area contributed by atoms with Crippen LogP contribution in [-0.4, -0.2) is 35.0 Å². The summed E-state index contributed by atoms with van der Waals surface area (Å²) in [6.45, 7) is 1.81. The molecular formula is C33H23BrCl2N4O5. The molecule has 9 nitrogen and oxygen atoms in total. The summed E-state index contributed by atoms with van der Waals surface area (Å²) >= 11 is 16.0. The normalized spacial score (nSPS) is 11.4. The van der Waals surface area contributed by atoms with Crippen molar-refractivity contribution in [3.63, 3.8) is 0 Å². The Hall–Kier alpha value is -4.64. The van der Waals surface area contributed by atoms with Crippen molar-refractivity contribution in [3.8, 4) is 23.1 Å². The Morgan fingerprint density at radius 2 is 1.84 bits per heavy atom. The molecule has 0 spiro atoms. The van der Waals surface area contributed by atoms with Gasteiger partial charge in [-0.1, -0.05) is 51.3 Å². The van der Waals surface area contributed by atoms with Gasteiger partial charge in [-0.15, -0.1) is 0 Å². The lowest BCUT2D eigenvalue weighted by Gasteiger charge is -2.14. The number of ether oxygens (including phenoxy) is 2. The van der Waals surface area contributed by atoms with Crippen molar-refractivity contribution in [1.29, 1.82) is 0 Å². The predicted octanol–water partition coefficient (Wildman–Crippen LogP) is 8.18. The number of hydrogen-bond acceptors (Lipinski definition) is 7. The average molecular weight is 706 g/mol. The highest BCUT2D eigenvalue weighted by Crippen LogP contribution is 2.36. The van der Waals surface area contributed by atoms with Gasteiger partial charge >= 0.3 is 0 Å². The highest BCUT2D eigenvalue weighted by Gasteiger charge is 2.18. The van der Waals surface area contributed by atoms with E-state index in [0.29, 0.717) is 50.9 Å². The molecule has 2 heterocycles. The van der Waals surface area contributed by atoms with Crippen molar-refractivity contribution in [2.75, 3.05) is 18.5 Å². The zero-order valence-electron chi connectivity index (χ0n) is 23.6. The van der Waals surface area contributed by atoms with Crippen LogP contribution in [0.2, 0.25) is 10.0 Å². The van der Waals surface area contributed by atoms with Gasteiger partial charge in [0.1, 0.15) is 5.58 Å². The highest BCUT2D eigenvalue weighted by molar-refractivity contribution is 9.10. The molecular weight excluding hydrogens is 683 g/mol. The number of carbonyl (C=O) groups is 1. The summed E-state index contributed by atoms with van der Waals surface area (Å²) in [4.78, 5) is 30.9. The van der Waals surface area contributed by atoms with Crippen molar-refractivity contribution in [3.05, 3.63) is 115 Å². The van der Waals surface area contributed by atoms with E-state index in [1.165, 1.54) is 10.9 Å². The number of aromatic nitrogens is 2.